The van der Waals surface area contributed by atoms with Gasteiger partial charge in [0.2, 0.25) is 0 Å². The zero-order valence-corrected chi connectivity index (χ0v) is 28.2. The van der Waals surface area contributed by atoms with Crippen molar-refractivity contribution in [1.29, 1.82) is 0 Å². The molecular weight excluding hydrogens is 647 g/mol. The molecule has 0 radical (unpaired) electrons. The highest BCUT2D eigenvalue weighted by molar-refractivity contribution is 7.91. The molecule has 0 fully saturated rings. The average Bonchev–Trinajstić information content (AvgIpc) is 3.38. The maximum Gasteiger partial charge on any atom is 0.422 e. The Balaban J connectivity index is 1.53. The van der Waals surface area contributed by atoms with Crippen molar-refractivity contribution in [3.8, 4) is 5.75 Å². The summed E-state index contributed by atoms with van der Waals surface area (Å²) in [7, 11) is -3.26. The largest absolute Gasteiger partial charge is 0.478 e. The molecule has 12 heteroatoms. The molecule has 0 atom stereocenters. The lowest BCUT2D eigenvalue weighted by Gasteiger charge is -2.27. The van der Waals surface area contributed by atoms with Gasteiger partial charge in [0.1, 0.15) is 23.0 Å². The summed E-state index contributed by atoms with van der Waals surface area (Å²) < 4.78 is 56.1. The topological polar surface area (TPSA) is 118 Å². The van der Waals surface area contributed by atoms with Crippen molar-refractivity contribution in [2.24, 2.45) is 0 Å². The Hall–Kier alpha value is -5.49. The maximum absolute atomic E-state index is 14.4. The van der Waals surface area contributed by atoms with Crippen molar-refractivity contribution in [3.05, 3.63) is 137 Å². The van der Waals surface area contributed by atoms with Crippen molar-refractivity contribution in [3.63, 3.8) is 0 Å². The fourth-order valence-electron chi connectivity index (χ4n) is 5.82. The first-order valence-electron chi connectivity index (χ1n) is 15.6. The van der Waals surface area contributed by atoms with E-state index >= 15 is 0 Å². The van der Waals surface area contributed by atoms with Crippen molar-refractivity contribution >= 4 is 38.8 Å². The predicted octanol–water partition coefficient (Wildman–Crippen LogP) is 6.90. The second-order valence-corrected chi connectivity index (χ2v) is 14.3. The van der Waals surface area contributed by atoms with Crippen LogP contribution in [-0.4, -0.2) is 43.0 Å². The molecule has 1 aliphatic heterocycles. The molecule has 0 unspecified atom stereocenters. The molecule has 2 amide bonds. The second kappa shape index (κ2) is 13.2. The summed E-state index contributed by atoms with van der Waals surface area (Å²) in [5.74, 6) is -0.647. The molecule has 0 bridgehead atoms. The highest BCUT2D eigenvalue weighted by Crippen LogP contribution is 2.47. The number of carbonyl (C=O) groups is 2. The third-order valence-electron chi connectivity index (χ3n) is 7.96. The summed E-state index contributed by atoms with van der Waals surface area (Å²) >= 11 is 0. The highest BCUT2D eigenvalue weighted by Gasteiger charge is 2.40. The van der Waals surface area contributed by atoms with Crippen LogP contribution in [-0.2, 0) is 28.0 Å². The Labute approximate surface area is 284 Å². The van der Waals surface area contributed by atoms with Crippen LogP contribution in [0.15, 0.2) is 103 Å². The minimum atomic E-state index is -4.55. The maximum atomic E-state index is 14.4. The third-order valence-corrected chi connectivity index (χ3v) is 9.28. The monoisotopic (exact) mass is 682 g/mol. The highest BCUT2D eigenvalue weighted by atomic mass is 32.2. The summed E-state index contributed by atoms with van der Waals surface area (Å²) in [6.07, 6.45) is -0.271. The normalized spacial score (nSPS) is 13.0. The second-order valence-electron chi connectivity index (χ2n) is 12.6. The van der Waals surface area contributed by atoms with E-state index in [1.54, 1.807) is 45.0 Å². The van der Waals surface area contributed by atoms with E-state index in [9.17, 15) is 22.4 Å². The number of hydrogen-bond donors (Lipinski definition) is 1. The number of ether oxygens (including phenoxy) is 2. The standard InChI is InChI=1S/C37H35FN4O6S/c1-37(2,3)48-36(44)40-49(45,46)41(4)32-28-16-11-21-39-31(28)34(47-33(25-12-7-5-8-13-25)26-14-9-6-10-15-26)30-29(32)23-42(35(30)43)22-24-17-19-27(38)20-18-24/h5-21,33H,22-23H2,1-4H3,(H,40,44). The molecule has 4 aromatic carbocycles. The number of hydrogen-bond acceptors (Lipinski definition) is 7. The fourth-order valence-corrected chi connectivity index (χ4v) is 6.66. The number of halogens is 1. The molecule has 1 aromatic heterocycles. The zero-order chi connectivity index (χ0) is 34.9. The van der Waals surface area contributed by atoms with Gasteiger partial charge in [0.05, 0.1) is 11.3 Å². The van der Waals surface area contributed by atoms with Gasteiger partial charge in [-0.1, -0.05) is 72.8 Å². The van der Waals surface area contributed by atoms with Crippen molar-refractivity contribution in [2.45, 2.75) is 45.6 Å². The number of nitrogens with one attached hydrogen (secondary N) is 1. The minimum absolute atomic E-state index is 0.00426. The van der Waals surface area contributed by atoms with Crippen LogP contribution in [0.5, 0.6) is 5.75 Å². The number of anilines is 1. The number of amides is 2. The first-order valence-corrected chi connectivity index (χ1v) is 17.0. The van der Waals surface area contributed by atoms with Crippen molar-refractivity contribution < 1.29 is 31.9 Å². The van der Waals surface area contributed by atoms with Gasteiger partial charge in [0.25, 0.3) is 5.91 Å². The molecule has 2 heterocycles. The third kappa shape index (κ3) is 7.05. The smallest absolute Gasteiger partial charge is 0.422 e. The van der Waals surface area contributed by atoms with Crippen LogP contribution < -0.4 is 13.8 Å². The number of aromatic nitrogens is 1. The number of benzene rings is 4. The Morgan fingerprint density at radius 3 is 2.16 bits per heavy atom. The molecule has 6 rings (SSSR count). The van der Waals surface area contributed by atoms with Gasteiger partial charge in [-0.15, -0.1) is 0 Å². The molecule has 252 valence electrons. The van der Waals surface area contributed by atoms with Gasteiger partial charge < -0.3 is 14.4 Å². The Kier molecular flexibility index (Phi) is 9.00. The van der Waals surface area contributed by atoms with E-state index in [-0.39, 0.29) is 35.6 Å². The molecule has 0 spiro atoms. The fraction of sp³-hybridized carbons (Fsp3) is 0.216. The molecular formula is C37H35FN4O6S. The summed E-state index contributed by atoms with van der Waals surface area (Å²) in [6, 6.07) is 28.2. The van der Waals surface area contributed by atoms with Crippen LogP contribution in [0.2, 0.25) is 0 Å². The first kappa shape index (κ1) is 33.4. The summed E-state index contributed by atoms with van der Waals surface area (Å²) in [4.78, 5) is 33.2. The summed E-state index contributed by atoms with van der Waals surface area (Å²) in [5, 5.41) is 0.379. The lowest BCUT2D eigenvalue weighted by atomic mass is 9.99. The van der Waals surface area contributed by atoms with Crippen LogP contribution in [0.1, 0.15) is 59.5 Å². The van der Waals surface area contributed by atoms with Crippen LogP contribution in [0, 0.1) is 5.82 Å². The lowest BCUT2D eigenvalue weighted by molar-refractivity contribution is 0.0569. The van der Waals surface area contributed by atoms with E-state index in [0.717, 1.165) is 15.4 Å². The van der Waals surface area contributed by atoms with Gasteiger partial charge in [-0.3, -0.25) is 14.1 Å². The Morgan fingerprint density at radius 1 is 0.959 bits per heavy atom. The molecule has 1 aliphatic rings. The van der Waals surface area contributed by atoms with Gasteiger partial charge in [0.15, 0.2) is 5.75 Å². The van der Waals surface area contributed by atoms with E-state index in [2.05, 4.69) is 4.98 Å². The van der Waals surface area contributed by atoms with E-state index in [1.807, 2.05) is 65.4 Å². The molecule has 0 aliphatic carbocycles. The minimum Gasteiger partial charge on any atom is -0.478 e. The number of carbonyl (C=O) groups excluding carboxylic acids is 2. The van der Waals surface area contributed by atoms with Crippen molar-refractivity contribution in [1.82, 2.24) is 14.6 Å². The van der Waals surface area contributed by atoms with E-state index < -0.39 is 39.7 Å². The predicted molar refractivity (Wildman–Crippen MR) is 184 cm³/mol. The number of rotatable bonds is 9. The van der Waals surface area contributed by atoms with E-state index in [0.29, 0.717) is 16.5 Å². The van der Waals surface area contributed by atoms with Gasteiger partial charge in [-0.2, -0.15) is 8.42 Å². The Morgan fingerprint density at radius 2 is 1.57 bits per heavy atom. The number of pyridine rings is 1. The first-order chi connectivity index (χ1) is 23.3. The summed E-state index contributed by atoms with van der Waals surface area (Å²) in [5.41, 5.74) is 2.27. The number of nitrogens with zero attached hydrogens (tertiary/aromatic N) is 3. The van der Waals surface area contributed by atoms with Crippen LogP contribution in [0.4, 0.5) is 14.9 Å². The van der Waals surface area contributed by atoms with Gasteiger partial charge in [-0.25, -0.2) is 13.9 Å². The Bertz CT molecular complexity index is 2080. The van der Waals surface area contributed by atoms with Gasteiger partial charge in [0, 0.05) is 37.3 Å². The van der Waals surface area contributed by atoms with Crippen molar-refractivity contribution in [2.75, 3.05) is 11.4 Å². The summed E-state index contributed by atoms with van der Waals surface area (Å²) in [6.45, 7) is 4.97. The van der Waals surface area contributed by atoms with Crippen LogP contribution >= 0.6 is 0 Å². The molecule has 5 aromatic rings. The van der Waals surface area contributed by atoms with E-state index in [1.165, 1.54) is 30.3 Å². The van der Waals surface area contributed by atoms with E-state index in [4.69, 9.17) is 9.47 Å². The van der Waals surface area contributed by atoms with Crippen LogP contribution in [0.25, 0.3) is 10.9 Å². The quantitative estimate of drug-likeness (QED) is 0.180. The molecule has 0 saturated heterocycles. The molecule has 0 saturated carbocycles. The molecule has 49 heavy (non-hydrogen) atoms. The number of fused-ring (bicyclic) bond motifs is 2. The zero-order valence-electron chi connectivity index (χ0n) is 27.4. The van der Waals surface area contributed by atoms with Gasteiger partial charge >= 0.3 is 16.3 Å². The average molecular weight is 683 g/mol. The molecule has 10 nitrogen and oxygen atoms in total. The van der Waals surface area contributed by atoms with Gasteiger partial charge in [-0.05, 0) is 61.7 Å². The SMILES string of the molecule is CN(c1c2c(c(OC(c3ccccc3)c3ccccc3)c3ncccc13)C(=O)N(Cc1ccc(F)cc1)C2)S(=O)(=O)NC(=O)OC(C)(C)C. The van der Waals surface area contributed by atoms with Crippen LogP contribution in [0.3, 0.4) is 0 Å². The molecule has 1 N–H and O–H groups in total. The lowest BCUT2D eigenvalue weighted by Crippen LogP contribution is -2.44.